The maximum Gasteiger partial charge on any atom is 0.197 e. The summed E-state index contributed by atoms with van der Waals surface area (Å²) in [4.78, 5) is 16.7. The Morgan fingerprint density at radius 3 is 2.47 bits per heavy atom. The summed E-state index contributed by atoms with van der Waals surface area (Å²) in [6.45, 7) is 5.76. The SMILES string of the molecule is CC(=O)C(Sc1nnc(-c2cccnc2)n1-c1ccc(C)cc1C)c1ccccc1. The Morgan fingerprint density at radius 2 is 1.80 bits per heavy atom. The minimum absolute atomic E-state index is 0.0734. The van der Waals surface area contributed by atoms with Crippen LogP contribution in [0.2, 0.25) is 0 Å². The summed E-state index contributed by atoms with van der Waals surface area (Å²) >= 11 is 1.42. The number of carbonyl (C=O) groups is 1. The number of hydrogen-bond donors (Lipinski definition) is 0. The molecule has 4 rings (SSSR count). The molecule has 4 aromatic rings. The molecule has 150 valence electrons. The lowest BCUT2D eigenvalue weighted by Crippen LogP contribution is -2.08. The normalized spacial score (nSPS) is 12.0. The van der Waals surface area contributed by atoms with Gasteiger partial charge >= 0.3 is 0 Å². The maximum atomic E-state index is 12.5. The summed E-state index contributed by atoms with van der Waals surface area (Å²) in [5.41, 5.74) is 5.11. The molecule has 1 atom stereocenters. The Bertz CT molecular complexity index is 1170. The monoisotopic (exact) mass is 414 g/mol. The number of pyridine rings is 1. The van der Waals surface area contributed by atoms with Gasteiger partial charge in [0.1, 0.15) is 5.78 Å². The second-order valence-electron chi connectivity index (χ2n) is 7.19. The van der Waals surface area contributed by atoms with Crippen LogP contribution in [0.25, 0.3) is 17.1 Å². The third-order valence-electron chi connectivity index (χ3n) is 4.84. The zero-order valence-corrected chi connectivity index (χ0v) is 17.9. The molecule has 0 spiro atoms. The predicted octanol–water partition coefficient (Wildman–Crippen LogP) is 5.37. The molecular formula is C24H22N4OS. The van der Waals surface area contributed by atoms with Crippen molar-refractivity contribution in [2.75, 3.05) is 0 Å². The van der Waals surface area contributed by atoms with Crippen molar-refractivity contribution in [3.8, 4) is 17.1 Å². The number of Topliss-reactive ketones (excluding diaryl/α,β-unsaturated/α-hetero) is 1. The minimum atomic E-state index is -0.360. The molecule has 0 bridgehead atoms. The number of benzene rings is 2. The number of hydrogen-bond acceptors (Lipinski definition) is 5. The Hall–Kier alpha value is -3.25. The number of thioether (sulfide) groups is 1. The average molecular weight is 415 g/mol. The maximum absolute atomic E-state index is 12.5. The summed E-state index contributed by atoms with van der Waals surface area (Å²) in [5, 5.41) is 9.26. The summed E-state index contributed by atoms with van der Waals surface area (Å²) in [5.74, 6) is 0.775. The minimum Gasteiger partial charge on any atom is -0.298 e. The van der Waals surface area contributed by atoms with E-state index < -0.39 is 0 Å². The van der Waals surface area contributed by atoms with Gasteiger partial charge in [-0.1, -0.05) is 59.8 Å². The number of aryl methyl sites for hydroxylation is 2. The van der Waals surface area contributed by atoms with Gasteiger partial charge in [-0.05, 0) is 50.1 Å². The first-order chi connectivity index (χ1) is 14.5. The zero-order chi connectivity index (χ0) is 21.1. The van der Waals surface area contributed by atoms with Crippen molar-refractivity contribution >= 4 is 17.5 Å². The van der Waals surface area contributed by atoms with E-state index in [0.717, 1.165) is 22.4 Å². The average Bonchev–Trinajstić information content (AvgIpc) is 3.16. The lowest BCUT2D eigenvalue weighted by Gasteiger charge is -2.17. The van der Waals surface area contributed by atoms with Crippen LogP contribution in [0.5, 0.6) is 0 Å². The number of aromatic nitrogens is 4. The first-order valence-corrected chi connectivity index (χ1v) is 10.6. The molecule has 0 fully saturated rings. The van der Waals surface area contributed by atoms with Crippen molar-refractivity contribution in [3.63, 3.8) is 0 Å². The molecule has 0 saturated carbocycles. The number of ketones is 1. The Kier molecular flexibility index (Phi) is 5.77. The van der Waals surface area contributed by atoms with Crippen LogP contribution in [0.15, 0.2) is 78.2 Å². The quantitative estimate of drug-likeness (QED) is 0.397. The molecule has 5 nitrogen and oxygen atoms in total. The highest BCUT2D eigenvalue weighted by Gasteiger charge is 2.24. The second-order valence-corrected chi connectivity index (χ2v) is 8.26. The molecule has 0 N–H and O–H groups in total. The predicted molar refractivity (Wildman–Crippen MR) is 120 cm³/mol. The fourth-order valence-corrected chi connectivity index (χ4v) is 4.47. The van der Waals surface area contributed by atoms with E-state index in [2.05, 4.69) is 47.2 Å². The van der Waals surface area contributed by atoms with Crippen molar-refractivity contribution in [2.24, 2.45) is 0 Å². The van der Waals surface area contributed by atoms with Gasteiger partial charge in [0.2, 0.25) is 0 Å². The van der Waals surface area contributed by atoms with E-state index >= 15 is 0 Å². The lowest BCUT2D eigenvalue weighted by atomic mass is 10.1. The molecule has 0 aliphatic carbocycles. The number of rotatable bonds is 6. The second kappa shape index (κ2) is 8.63. The highest BCUT2D eigenvalue weighted by atomic mass is 32.2. The molecule has 1 unspecified atom stereocenters. The Morgan fingerprint density at radius 1 is 1.00 bits per heavy atom. The van der Waals surface area contributed by atoms with E-state index in [0.29, 0.717) is 11.0 Å². The molecule has 2 aromatic carbocycles. The van der Waals surface area contributed by atoms with Crippen LogP contribution in [0.3, 0.4) is 0 Å². The van der Waals surface area contributed by atoms with Gasteiger partial charge in [-0.2, -0.15) is 0 Å². The van der Waals surface area contributed by atoms with Crippen LogP contribution in [0.4, 0.5) is 0 Å². The van der Waals surface area contributed by atoms with E-state index in [1.54, 1.807) is 19.3 Å². The van der Waals surface area contributed by atoms with Crippen LogP contribution in [0.1, 0.15) is 28.9 Å². The molecule has 0 saturated heterocycles. The van der Waals surface area contributed by atoms with Gasteiger partial charge < -0.3 is 0 Å². The van der Waals surface area contributed by atoms with E-state index in [1.165, 1.54) is 17.3 Å². The van der Waals surface area contributed by atoms with Crippen molar-refractivity contribution in [2.45, 2.75) is 31.2 Å². The molecular weight excluding hydrogens is 392 g/mol. The van der Waals surface area contributed by atoms with Gasteiger partial charge in [-0.25, -0.2) is 0 Å². The van der Waals surface area contributed by atoms with Crippen LogP contribution < -0.4 is 0 Å². The highest BCUT2D eigenvalue weighted by Crippen LogP contribution is 2.38. The number of nitrogens with zero attached hydrogens (tertiary/aromatic N) is 4. The molecule has 0 amide bonds. The van der Waals surface area contributed by atoms with Crippen LogP contribution in [0, 0.1) is 13.8 Å². The first kappa shape index (κ1) is 20.0. The van der Waals surface area contributed by atoms with Crippen LogP contribution in [-0.4, -0.2) is 25.5 Å². The van der Waals surface area contributed by atoms with E-state index in [9.17, 15) is 4.79 Å². The molecule has 2 aromatic heterocycles. The fourth-order valence-electron chi connectivity index (χ4n) is 3.42. The van der Waals surface area contributed by atoms with Crippen molar-refractivity contribution in [1.82, 2.24) is 19.7 Å². The molecule has 0 radical (unpaired) electrons. The third-order valence-corrected chi connectivity index (χ3v) is 6.16. The summed E-state index contributed by atoms with van der Waals surface area (Å²) < 4.78 is 2.02. The largest absolute Gasteiger partial charge is 0.298 e. The van der Waals surface area contributed by atoms with Crippen molar-refractivity contribution < 1.29 is 4.79 Å². The summed E-state index contributed by atoms with van der Waals surface area (Å²) in [6, 6.07) is 19.9. The van der Waals surface area contributed by atoms with Crippen molar-refractivity contribution in [3.05, 3.63) is 89.7 Å². The third kappa shape index (κ3) is 4.04. The van der Waals surface area contributed by atoms with E-state index in [1.807, 2.05) is 47.0 Å². The van der Waals surface area contributed by atoms with E-state index in [4.69, 9.17) is 0 Å². The van der Waals surface area contributed by atoms with Gasteiger partial charge in [0.15, 0.2) is 11.0 Å². The zero-order valence-electron chi connectivity index (χ0n) is 17.1. The molecule has 0 aliphatic heterocycles. The van der Waals surface area contributed by atoms with Gasteiger partial charge in [0.05, 0.1) is 10.9 Å². The topological polar surface area (TPSA) is 60.7 Å². The first-order valence-electron chi connectivity index (χ1n) is 9.70. The van der Waals surface area contributed by atoms with Crippen molar-refractivity contribution in [1.29, 1.82) is 0 Å². The fraction of sp³-hybridized carbons (Fsp3) is 0.167. The molecule has 6 heteroatoms. The van der Waals surface area contributed by atoms with Crippen LogP contribution in [-0.2, 0) is 4.79 Å². The van der Waals surface area contributed by atoms with E-state index in [-0.39, 0.29) is 11.0 Å². The lowest BCUT2D eigenvalue weighted by molar-refractivity contribution is -0.116. The van der Waals surface area contributed by atoms with Gasteiger partial charge in [-0.15, -0.1) is 10.2 Å². The Balaban J connectivity index is 1.86. The molecule has 0 aliphatic rings. The highest BCUT2D eigenvalue weighted by molar-refractivity contribution is 8.00. The molecule has 2 heterocycles. The van der Waals surface area contributed by atoms with Gasteiger partial charge in [-0.3, -0.25) is 14.3 Å². The molecule has 30 heavy (non-hydrogen) atoms. The summed E-state index contributed by atoms with van der Waals surface area (Å²) in [7, 11) is 0. The number of carbonyl (C=O) groups excluding carboxylic acids is 1. The summed E-state index contributed by atoms with van der Waals surface area (Å²) in [6.07, 6.45) is 3.51. The van der Waals surface area contributed by atoms with Gasteiger partial charge in [0.25, 0.3) is 0 Å². The standard InChI is InChI=1S/C24H22N4OS/c1-16-11-12-21(17(2)14-16)28-23(20-10-7-13-25-15-20)26-27-24(28)30-22(18(3)29)19-8-5-4-6-9-19/h4-15,22H,1-3H3. The van der Waals surface area contributed by atoms with Gasteiger partial charge in [0, 0.05) is 18.0 Å². The smallest absolute Gasteiger partial charge is 0.197 e. The van der Waals surface area contributed by atoms with Crippen LogP contribution >= 0.6 is 11.8 Å². The Labute approximate surface area is 180 Å².